The average Bonchev–Trinajstić information content (AvgIpc) is 2.53. The van der Waals surface area contributed by atoms with E-state index >= 15 is 0 Å². The lowest BCUT2D eigenvalue weighted by molar-refractivity contribution is -0.905. The second-order valence-corrected chi connectivity index (χ2v) is 6.30. The van der Waals surface area contributed by atoms with Crippen LogP contribution in [0.4, 0.5) is 0 Å². The van der Waals surface area contributed by atoms with Gasteiger partial charge in [0.15, 0.2) is 5.16 Å². The average molecular weight is 306 g/mol. The van der Waals surface area contributed by atoms with Crippen LogP contribution in [0.1, 0.15) is 0 Å². The molecule has 0 amide bonds. The van der Waals surface area contributed by atoms with Crippen LogP contribution in [0.5, 0.6) is 0 Å². The lowest BCUT2D eigenvalue weighted by Crippen LogP contribution is -3.14. The Labute approximate surface area is 127 Å². The van der Waals surface area contributed by atoms with Crippen molar-refractivity contribution in [1.82, 2.24) is 9.55 Å². The van der Waals surface area contributed by atoms with E-state index in [-0.39, 0.29) is 5.56 Å². The summed E-state index contributed by atoms with van der Waals surface area (Å²) in [5.41, 5.74) is 0.809. The van der Waals surface area contributed by atoms with Crippen LogP contribution >= 0.6 is 11.8 Å². The molecule has 0 unspecified atom stereocenters. The molecule has 0 bridgehead atoms. The van der Waals surface area contributed by atoms with Gasteiger partial charge in [0.05, 0.1) is 36.4 Å². The molecule has 0 spiro atoms. The van der Waals surface area contributed by atoms with Crippen LogP contribution in [0.3, 0.4) is 0 Å². The van der Waals surface area contributed by atoms with Gasteiger partial charge in [-0.05, 0) is 12.1 Å². The molecular weight excluding hydrogens is 286 g/mol. The molecule has 1 aliphatic rings. The van der Waals surface area contributed by atoms with E-state index in [1.165, 1.54) is 0 Å². The number of hydrogen-bond acceptors (Lipinski definition) is 4. The fraction of sp³-hybridized carbons (Fsp3) is 0.467. The summed E-state index contributed by atoms with van der Waals surface area (Å²) in [7, 11) is 1.80. The van der Waals surface area contributed by atoms with E-state index in [4.69, 9.17) is 4.74 Å². The van der Waals surface area contributed by atoms with E-state index < -0.39 is 0 Å². The molecule has 3 rings (SSSR count). The topological polar surface area (TPSA) is 48.6 Å². The number of para-hydroxylation sites is 1. The highest BCUT2D eigenvalue weighted by Crippen LogP contribution is 2.15. The maximum atomic E-state index is 12.3. The monoisotopic (exact) mass is 306 g/mol. The maximum Gasteiger partial charge on any atom is 0.261 e. The highest BCUT2D eigenvalue weighted by Gasteiger charge is 2.14. The number of nitrogens with one attached hydrogen (secondary N) is 1. The van der Waals surface area contributed by atoms with Crippen LogP contribution in [0.25, 0.3) is 10.9 Å². The van der Waals surface area contributed by atoms with Gasteiger partial charge in [-0.3, -0.25) is 9.36 Å². The molecule has 1 aliphatic heterocycles. The van der Waals surface area contributed by atoms with Gasteiger partial charge in [-0.15, -0.1) is 0 Å². The Morgan fingerprint density at radius 2 is 2.10 bits per heavy atom. The van der Waals surface area contributed by atoms with Crippen LogP contribution in [0.15, 0.2) is 34.2 Å². The Morgan fingerprint density at radius 1 is 1.33 bits per heavy atom. The zero-order valence-corrected chi connectivity index (χ0v) is 13.0. The largest absolute Gasteiger partial charge is 0.370 e. The molecule has 2 aromatic rings. The number of fused-ring (bicyclic) bond motifs is 1. The number of thioether (sulfide) groups is 1. The van der Waals surface area contributed by atoms with Crippen molar-refractivity contribution in [2.24, 2.45) is 7.05 Å². The van der Waals surface area contributed by atoms with Crippen molar-refractivity contribution in [2.75, 3.05) is 38.6 Å². The van der Waals surface area contributed by atoms with Gasteiger partial charge in [0.2, 0.25) is 0 Å². The lowest BCUT2D eigenvalue weighted by Gasteiger charge is -2.23. The minimum absolute atomic E-state index is 0.0295. The quantitative estimate of drug-likeness (QED) is 0.635. The van der Waals surface area contributed by atoms with Crippen molar-refractivity contribution in [3.05, 3.63) is 34.6 Å². The van der Waals surface area contributed by atoms with E-state index in [0.717, 1.165) is 49.3 Å². The fourth-order valence-corrected chi connectivity index (χ4v) is 3.54. The third-order valence-corrected chi connectivity index (χ3v) is 4.86. The fourth-order valence-electron chi connectivity index (χ4n) is 2.52. The molecule has 6 heteroatoms. The molecule has 112 valence electrons. The summed E-state index contributed by atoms with van der Waals surface area (Å²) in [4.78, 5) is 18.5. The van der Waals surface area contributed by atoms with E-state index in [1.807, 2.05) is 24.3 Å². The molecule has 2 heterocycles. The van der Waals surface area contributed by atoms with Gasteiger partial charge in [-0.2, -0.15) is 0 Å². The van der Waals surface area contributed by atoms with Crippen LogP contribution in [-0.2, 0) is 11.8 Å². The summed E-state index contributed by atoms with van der Waals surface area (Å²) in [5.74, 6) is 0.966. The predicted molar refractivity (Wildman–Crippen MR) is 84.1 cm³/mol. The zero-order valence-electron chi connectivity index (χ0n) is 12.2. The summed E-state index contributed by atoms with van der Waals surface area (Å²) >= 11 is 1.66. The second kappa shape index (κ2) is 6.60. The van der Waals surface area contributed by atoms with E-state index in [1.54, 1.807) is 28.3 Å². The number of ether oxygens (including phenoxy) is 1. The van der Waals surface area contributed by atoms with Crippen molar-refractivity contribution in [3.8, 4) is 0 Å². The highest BCUT2D eigenvalue weighted by atomic mass is 32.2. The minimum atomic E-state index is 0.0295. The Hall–Kier alpha value is -1.37. The molecule has 5 nitrogen and oxygen atoms in total. The number of nitrogens with zero attached hydrogens (tertiary/aromatic N) is 2. The van der Waals surface area contributed by atoms with Crippen molar-refractivity contribution >= 4 is 22.7 Å². The molecule has 0 saturated carbocycles. The molecule has 0 aliphatic carbocycles. The van der Waals surface area contributed by atoms with Gasteiger partial charge >= 0.3 is 0 Å². The maximum absolute atomic E-state index is 12.3. The summed E-state index contributed by atoms with van der Waals surface area (Å²) < 4.78 is 7.02. The SMILES string of the molecule is Cn1c(SCC[NH+]2CCOCC2)nc2ccccc2c1=O. The van der Waals surface area contributed by atoms with Gasteiger partial charge in [0.25, 0.3) is 5.56 Å². The Kier molecular flexibility index (Phi) is 4.57. The van der Waals surface area contributed by atoms with Crippen molar-refractivity contribution in [3.63, 3.8) is 0 Å². The molecule has 1 aromatic carbocycles. The van der Waals surface area contributed by atoms with E-state index in [9.17, 15) is 4.79 Å². The number of hydrogen-bond donors (Lipinski definition) is 1. The first-order chi connectivity index (χ1) is 10.3. The Morgan fingerprint density at radius 3 is 2.90 bits per heavy atom. The Balaban J connectivity index is 1.71. The second-order valence-electron chi connectivity index (χ2n) is 5.24. The number of rotatable bonds is 4. The van der Waals surface area contributed by atoms with Crippen LogP contribution in [0, 0.1) is 0 Å². The first-order valence-electron chi connectivity index (χ1n) is 7.25. The standard InChI is InChI=1S/C15H19N3O2S/c1-17-14(19)12-4-2-3-5-13(12)16-15(17)21-11-8-18-6-9-20-10-7-18/h2-5H,6-11H2,1H3/p+1. The molecule has 1 saturated heterocycles. The van der Waals surface area contributed by atoms with Crippen molar-refractivity contribution in [1.29, 1.82) is 0 Å². The molecule has 0 radical (unpaired) electrons. The smallest absolute Gasteiger partial charge is 0.261 e. The van der Waals surface area contributed by atoms with Crippen LogP contribution < -0.4 is 10.5 Å². The normalized spacial score (nSPS) is 16.4. The van der Waals surface area contributed by atoms with Gasteiger partial charge in [-0.1, -0.05) is 23.9 Å². The van der Waals surface area contributed by atoms with Gasteiger partial charge in [-0.25, -0.2) is 4.98 Å². The van der Waals surface area contributed by atoms with Gasteiger partial charge in [0.1, 0.15) is 13.1 Å². The molecule has 21 heavy (non-hydrogen) atoms. The first-order valence-corrected chi connectivity index (χ1v) is 8.24. The van der Waals surface area contributed by atoms with Crippen molar-refractivity contribution < 1.29 is 9.64 Å². The highest BCUT2D eigenvalue weighted by molar-refractivity contribution is 7.99. The zero-order chi connectivity index (χ0) is 14.7. The third kappa shape index (κ3) is 3.28. The van der Waals surface area contributed by atoms with Crippen LogP contribution in [0.2, 0.25) is 0 Å². The first kappa shape index (κ1) is 14.6. The van der Waals surface area contributed by atoms with E-state index in [2.05, 4.69) is 4.98 Å². The summed E-state index contributed by atoms with van der Waals surface area (Å²) in [6.07, 6.45) is 0. The van der Waals surface area contributed by atoms with Gasteiger partial charge < -0.3 is 9.64 Å². The lowest BCUT2D eigenvalue weighted by atomic mass is 10.2. The number of aromatic nitrogens is 2. The third-order valence-electron chi connectivity index (χ3n) is 3.83. The summed E-state index contributed by atoms with van der Waals surface area (Å²) in [5, 5.41) is 1.48. The van der Waals surface area contributed by atoms with Crippen molar-refractivity contribution in [2.45, 2.75) is 5.16 Å². The predicted octanol–water partition coefficient (Wildman–Crippen LogP) is -0.0593. The Bertz CT molecular complexity index is 680. The number of quaternary nitrogens is 1. The van der Waals surface area contributed by atoms with Crippen LogP contribution in [-0.4, -0.2) is 48.2 Å². The number of benzene rings is 1. The summed E-state index contributed by atoms with van der Waals surface area (Å²) in [6, 6.07) is 7.52. The molecular formula is C15H20N3O2S+. The van der Waals surface area contributed by atoms with Gasteiger partial charge in [0, 0.05) is 7.05 Å². The molecule has 1 aromatic heterocycles. The molecule has 1 fully saturated rings. The summed E-state index contributed by atoms with van der Waals surface area (Å²) in [6.45, 7) is 4.94. The number of morpholine rings is 1. The molecule has 0 atom stereocenters. The van der Waals surface area contributed by atoms with E-state index in [0.29, 0.717) is 5.39 Å². The molecule has 1 N–H and O–H groups in total. The minimum Gasteiger partial charge on any atom is -0.370 e.